The first-order valence-corrected chi connectivity index (χ1v) is 9.17. The number of hydrogen-bond acceptors (Lipinski definition) is 5. The van der Waals surface area contributed by atoms with Gasteiger partial charge >= 0.3 is 0 Å². The highest BCUT2D eigenvalue weighted by Crippen LogP contribution is 2.12. The molecule has 1 aromatic carbocycles. The molecule has 0 spiro atoms. The van der Waals surface area contributed by atoms with Gasteiger partial charge in [0, 0.05) is 25.8 Å². The van der Waals surface area contributed by atoms with E-state index in [-0.39, 0.29) is 5.91 Å². The maximum Gasteiger partial charge on any atom is 0.272 e. The van der Waals surface area contributed by atoms with Crippen LogP contribution < -0.4 is 10.1 Å². The first-order valence-electron chi connectivity index (χ1n) is 9.17. The highest BCUT2D eigenvalue weighted by Gasteiger charge is 2.16. The third-order valence-corrected chi connectivity index (χ3v) is 4.00. The molecule has 0 aliphatic heterocycles. The predicted octanol–water partition coefficient (Wildman–Crippen LogP) is 3.40. The first kappa shape index (κ1) is 19.7. The fourth-order valence-electron chi connectivity index (χ4n) is 2.69. The standard InChI is InChI=1S/C20H28N4O2/c1-4-14-24(15-5-2)19(25)18-11-13-22-20(23-18)21-12-10-16-6-8-17(26-3)9-7-16/h6-9,11,13H,4-5,10,12,14-15H2,1-3H3,(H,21,22,23). The number of methoxy groups -OCH3 is 1. The number of benzene rings is 1. The molecule has 0 aliphatic carbocycles. The Morgan fingerprint density at radius 3 is 2.42 bits per heavy atom. The summed E-state index contributed by atoms with van der Waals surface area (Å²) in [5, 5.41) is 3.20. The Kier molecular flexibility index (Phi) is 7.86. The Labute approximate surface area is 155 Å². The van der Waals surface area contributed by atoms with Crippen molar-refractivity contribution in [1.82, 2.24) is 14.9 Å². The topological polar surface area (TPSA) is 67.4 Å². The smallest absolute Gasteiger partial charge is 0.272 e. The third kappa shape index (κ3) is 5.72. The van der Waals surface area contributed by atoms with Crippen LogP contribution in [0.5, 0.6) is 5.75 Å². The van der Waals surface area contributed by atoms with E-state index in [0.717, 1.165) is 38.1 Å². The zero-order chi connectivity index (χ0) is 18.8. The molecule has 0 radical (unpaired) electrons. The van der Waals surface area contributed by atoms with Gasteiger partial charge in [0.2, 0.25) is 5.95 Å². The SMILES string of the molecule is CCCN(CCC)C(=O)c1ccnc(NCCc2ccc(OC)cc2)n1. The number of anilines is 1. The van der Waals surface area contributed by atoms with Crippen LogP contribution in [0.25, 0.3) is 0 Å². The summed E-state index contributed by atoms with van der Waals surface area (Å²) in [7, 11) is 1.66. The van der Waals surface area contributed by atoms with Gasteiger partial charge in [-0.15, -0.1) is 0 Å². The predicted molar refractivity (Wildman–Crippen MR) is 104 cm³/mol. The lowest BCUT2D eigenvalue weighted by molar-refractivity contribution is 0.0749. The molecule has 1 amide bonds. The van der Waals surface area contributed by atoms with Crippen molar-refractivity contribution in [1.29, 1.82) is 0 Å². The normalized spacial score (nSPS) is 10.4. The quantitative estimate of drug-likeness (QED) is 0.707. The van der Waals surface area contributed by atoms with Gasteiger partial charge in [-0.05, 0) is 43.0 Å². The summed E-state index contributed by atoms with van der Waals surface area (Å²) in [6.45, 7) is 6.33. The molecule has 0 saturated heterocycles. The number of amides is 1. The molecule has 2 aromatic rings. The Bertz CT molecular complexity index is 682. The van der Waals surface area contributed by atoms with Gasteiger partial charge in [0.05, 0.1) is 7.11 Å². The van der Waals surface area contributed by atoms with Crippen LogP contribution in [-0.4, -0.2) is 47.5 Å². The lowest BCUT2D eigenvalue weighted by Crippen LogP contribution is -2.33. The van der Waals surface area contributed by atoms with E-state index in [1.165, 1.54) is 5.56 Å². The van der Waals surface area contributed by atoms with E-state index in [2.05, 4.69) is 29.1 Å². The molecule has 26 heavy (non-hydrogen) atoms. The molecule has 2 rings (SSSR count). The molecule has 0 unspecified atom stereocenters. The number of carbonyl (C=O) groups excluding carboxylic acids is 1. The minimum atomic E-state index is -0.0331. The highest BCUT2D eigenvalue weighted by atomic mass is 16.5. The van der Waals surface area contributed by atoms with Crippen molar-refractivity contribution in [3.63, 3.8) is 0 Å². The van der Waals surface area contributed by atoms with E-state index in [9.17, 15) is 4.79 Å². The Hall–Kier alpha value is -2.63. The Morgan fingerprint density at radius 1 is 1.12 bits per heavy atom. The number of rotatable bonds is 10. The lowest BCUT2D eigenvalue weighted by Gasteiger charge is -2.21. The van der Waals surface area contributed by atoms with Crippen molar-refractivity contribution in [2.45, 2.75) is 33.1 Å². The van der Waals surface area contributed by atoms with E-state index in [4.69, 9.17) is 4.74 Å². The Morgan fingerprint density at radius 2 is 1.81 bits per heavy atom. The molecule has 1 heterocycles. The fourth-order valence-corrected chi connectivity index (χ4v) is 2.69. The number of ether oxygens (including phenoxy) is 1. The van der Waals surface area contributed by atoms with E-state index < -0.39 is 0 Å². The summed E-state index contributed by atoms with van der Waals surface area (Å²) in [6.07, 6.45) is 4.34. The first-order chi connectivity index (χ1) is 12.7. The molecular weight excluding hydrogens is 328 g/mol. The molecule has 140 valence electrons. The molecule has 0 saturated carbocycles. The van der Waals surface area contributed by atoms with Gasteiger partial charge in [-0.2, -0.15) is 0 Å². The van der Waals surface area contributed by atoms with Gasteiger partial charge < -0.3 is 15.0 Å². The minimum Gasteiger partial charge on any atom is -0.497 e. The maximum atomic E-state index is 12.6. The zero-order valence-electron chi connectivity index (χ0n) is 15.9. The van der Waals surface area contributed by atoms with Crippen molar-refractivity contribution < 1.29 is 9.53 Å². The van der Waals surface area contributed by atoms with Crippen LogP contribution in [0.1, 0.15) is 42.7 Å². The third-order valence-electron chi connectivity index (χ3n) is 4.00. The fraction of sp³-hybridized carbons (Fsp3) is 0.450. The Balaban J connectivity index is 1.94. The molecule has 0 atom stereocenters. The van der Waals surface area contributed by atoms with Crippen molar-refractivity contribution in [2.24, 2.45) is 0 Å². The second kappa shape index (κ2) is 10.4. The second-order valence-electron chi connectivity index (χ2n) is 6.08. The van der Waals surface area contributed by atoms with Gasteiger partial charge in [-0.25, -0.2) is 9.97 Å². The van der Waals surface area contributed by atoms with Crippen LogP contribution in [0.15, 0.2) is 36.5 Å². The number of aromatic nitrogens is 2. The molecule has 0 fully saturated rings. The van der Waals surface area contributed by atoms with Gasteiger partial charge in [-0.3, -0.25) is 4.79 Å². The number of carbonyl (C=O) groups is 1. The van der Waals surface area contributed by atoms with E-state index in [0.29, 0.717) is 18.2 Å². The van der Waals surface area contributed by atoms with Gasteiger partial charge in [0.25, 0.3) is 5.91 Å². The average Bonchev–Trinajstić information content (AvgIpc) is 2.68. The minimum absolute atomic E-state index is 0.0331. The van der Waals surface area contributed by atoms with Gasteiger partial charge in [0.15, 0.2) is 0 Å². The van der Waals surface area contributed by atoms with E-state index >= 15 is 0 Å². The number of nitrogens with one attached hydrogen (secondary N) is 1. The number of hydrogen-bond donors (Lipinski definition) is 1. The summed E-state index contributed by atoms with van der Waals surface area (Å²) < 4.78 is 5.16. The summed E-state index contributed by atoms with van der Waals surface area (Å²) in [6, 6.07) is 9.64. The molecule has 6 heteroatoms. The second-order valence-corrected chi connectivity index (χ2v) is 6.08. The monoisotopic (exact) mass is 356 g/mol. The summed E-state index contributed by atoms with van der Waals surface area (Å²) in [5.74, 6) is 1.30. The molecule has 1 N–H and O–H groups in total. The van der Waals surface area contributed by atoms with Crippen molar-refractivity contribution >= 4 is 11.9 Å². The number of nitrogens with zero attached hydrogens (tertiary/aromatic N) is 3. The van der Waals surface area contributed by atoms with E-state index in [1.54, 1.807) is 19.4 Å². The largest absolute Gasteiger partial charge is 0.497 e. The van der Waals surface area contributed by atoms with Crippen LogP contribution in [0.3, 0.4) is 0 Å². The highest BCUT2D eigenvalue weighted by molar-refractivity contribution is 5.92. The van der Waals surface area contributed by atoms with Gasteiger partial charge in [0.1, 0.15) is 11.4 Å². The molecule has 0 aliphatic rings. The van der Waals surface area contributed by atoms with Crippen LogP contribution in [0, 0.1) is 0 Å². The summed E-state index contributed by atoms with van der Waals surface area (Å²) in [5.41, 5.74) is 1.64. The van der Waals surface area contributed by atoms with Crippen LogP contribution in [0.4, 0.5) is 5.95 Å². The van der Waals surface area contributed by atoms with Gasteiger partial charge in [-0.1, -0.05) is 26.0 Å². The van der Waals surface area contributed by atoms with Crippen LogP contribution in [0.2, 0.25) is 0 Å². The molecule has 0 bridgehead atoms. The molecule has 6 nitrogen and oxygen atoms in total. The molecular formula is C20H28N4O2. The zero-order valence-corrected chi connectivity index (χ0v) is 15.9. The summed E-state index contributed by atoms with van der Waals surface area (Å²) in [4.78, 5) is 23.1. The average molecular weight is 356 g/mol. The van der Waals surface area contributed by atoms with Crippen molar-refractivity contribution in [2.75, 3.05) is 32.1 Å². The van der Waals surface area contributed by atoms with Crippen molar-refractivity contribution in [3.8, 4) is 5.75 Å². The lowest BCUT2D eigenvalue weighted by atomic mass is 10.1. The maximum absolute atomic E-state index is 12.6. The van der Waals surface area contributed by atoms with E-state index in [1.807, 2.05) is 29.2 Å². The van der Waals surface area contributed by atoms with Crippen LogP contribution in [-0.2, 0) is 6.42 Å². The molecule has 1 aromatic heterocycles. The van der Waals surface area contributed by atoms with Crippen LogP contribution >= 0.6 is 0 Å². The summed E-state index contributed by atoms with van der Waals surface area (Å²) >= 11 is 0. The van der Waals surface area contributed by atoms with Crippen molar-refractivity contribution in [3.05, 3.63) is 47.8 Å².